The number of aromatic nitrogens is 1. The summed E-state index contributed by atoms with van der Waals surface area (Å²) in [5.74, 6) is 0.824. The summed E-state index contributed by atoms with van der Waals surface area (Å²) in [5.41, 5.74) is 1.30. The molecule has 1 atom stereocenters. The fourth-order valence-corrected chi connectivity index (χ4v) is 5.09. The third-order valence-electron chi connectivity index (χ3n) is 4.85. The molecule has 1 aromatic carbocycles. The van der Waals surface area contributed by atoms with E-state index in [4.69, 9.17) is 4.42 Å². The zero-order valence-corrected chi connectivity index (χ0v) is 14.6. The lowest BCUT2D eigenvalue weighted by molar-refractivity contribution is 0.0673. The predicted molar refractivity (Wildman–Crippen MR) is 91.9 cm³/mol. The maximum atomic E-state index is 13.2. The molecule has 0 spiro atoms. The predicted octanol–water partition coefficient (Wildman–Crippen LogP) is 2.38. The van der Waals surface area contributed by atoms with E-state index < -0.39 is 9.84 Å². The molecule has 1 aliphatic carbocycles. The van der Waals surface area contributed by atoms with Gasteiger partial charge in [-0.15, -0.1) is 0 Å². The lowest BCUT2D eigenvalue weighted by atomic mass is 10.1. The summed E-state index contributed by atoms with van der Waals surface area (Å²) in [6.07, 6.45) is 3.79. The largest absolute Gasteiger partial charge is 0.447 e. The first kappa shape index (κ1) is 16.3. The number of rotatable bonds is 5. The summed E-state index contributed by atoms with van der Waals surface area (Å²) < 4.78 is 29.3. The average Bonchev–Trinajstić information content (AvgIpc) is 3.21. The highest BCUT2D eigenvalue weighted by atomic mass is 32.2. The van der Waals surface area contributed by atoms with Gasteiger partial charge < -0.3 is 9.32 Å². The molecule has 132 valence electrons. The van der Waals surface area contributed by atoms with E-state index in [1.807, 2.05) is 30.3 Å². The highest BCUT2D eigenvalue weighted by Crippen LogP contribution is 2.42. The van der Waals surface area contributed by atoms with Crippen LogP contribution in [0.4, 0.5) is 0 Å². The van der Waals surface area contributed by atoms with Crippen LogP contribution in [0.3, 0.4) is 0 Å². The van der Waals surface area contributed by atoms with Gasteiger partial charge in [-0.3, -0.25) is 4.79 Å². The van der Waals surface area contributed by atoms with Gasteiger partial charge in [0.15, 0.2) is 21.9 Å². The van der Waals surface area contributed by atoms with Crippen LogP contribution in [0.15, 0.2) is 41.1 Å². The molecule has 7 heteroatoms. The van der Waals surface area contributed by atoms with E-state index in [9.17, 15) is 13.2 Å². The first-order valence-corrected chi connectivity index (χ1v) is 10.3. The molecule has 1 saturated heterocycles. The van der Waals surface area contributed by atoms with Gasteiger partial charge in [0.25, 0.3) is 5.91 Å². The van der Waals surface area contributed by atoms with E-state index in [0.29, 0.717) is 24.4 Å². The molecule has 2 heterocycles. The fourth-order valence-electron chi connectivity index (χ4n) is 3.36. The molecule has 0 radical (unpaired) electrons. The van der Waals surface area contributed by atoms with Gasteiger partial charge >= 0.3 is 0 Å². The van der Waals surface area contributed by atoms with Crippen LogP contribution in [0.2, 0.25) is 0 Å². The molecule has 1 aliphatic heterocycles. The number of hydrogen-bond acceptors (Lipinski definition) is 5. The molecule has 1 saturated carbocycles. The molecular weight excluding hydrogens is 340 g/mol. The highest BCUT2D eigenvalue weighted by molar-refractivity contribution is 7.91. The normalized spacial score (nSPS) is 22.0. The van der Waals surface area contributed by atoms with Crippen molar-refractivity contribution in [3.8, 4) is 0 Å². The van der Waals surface area contributed by atoms with Crippen LogP contribution in [0, 0.1) is 0 Å². The number of nitrogens with zero attached hydrogens (tertiary/aromatic N) is 2. The minimum absolute atomic E-state index is 0.0161. The quantitative estimate of drug-likeness (QED) is 0.818. The van der Waals surface area contributed by atoms with Gasteiger partial charge in [0, 0.05) is 18.5 Å². The Morgan fingerprint density at radius 3 is 2.60 bits per heavy atom. The van der Waals surface area contributed by atoms with Crippen LogP contribution in [-0.4, -0.2) is 41.8 Å². The zero-order chi connectivity index (χ0) is 17.4. The lowest BCUT2D eigenvalue weighted by Gasteiger charge is -2.28. The van der Waals surface area contributed by atoms with Gasteiger partial charge in [-0.05, 0) is 24.8 Å². The highest BCUT2D eigenvalue weighted by Gasteiger charge is 2.39. The Bertz CT molecular complexity index is 871. The third-order valence-corrected chi connectivity index (χ3v) is 6.60. The van der Waals surface area contributed by atoms with Gasteiger partial charge in [-0.1, -0.05) is 30.3 Å². The molecule has 1 aromatic heterocycles. The van der Waals surface area contributed by atoms with Gasteiger partial charge in [0.05, 0.1) is 11.5 Å². The molecular formula is C18H20N2O4S. The van der Waals surface area contributed by atoms with Crippen molar-refractivity contribution >= 4 is 15.7 Å². The number of hydrogen-bond donors (Lipinski definition) is 0. The van der Waals surface area contributed by atoms with Crippen LogP contribution < -0.4 is 0 Å². The summed E-state index contributed by atoms with van der Waals surface area (Å²) in [5, 5.41) is 0. The Balaban J connectivity index is 1.64. The van der Waals surface area contributed by atoms with Crippen molar-refractivity contribution in [1.29, 1.82) is 0 Å². The Morgan fingerprint density at radius 1 is 1.20 bits per heavy atom. The first-order valence-electron chi connectivity index (χ1n) is 8.52. The van der Waals surface area contributed by atoms with E-state index in [1.165, 1.54) is 6.39 Å². The maximum Gasteiger partial charge on any atom is 0.276 e. The number of carbonyl (C=O) groups excluding carboxylic acids is 1. The molecule has 0 N–H and O–H groups in total. The fraction of sp³-hybridized carbons (Fsp3) is 0.444. The molecule has 1 amide bonds. The second kappa shape index (κ2) is 6.29. The van der Waals surface area contributed by atoms with E-state index in [-0.39, 0.29) is 29.4 Å². The number of sulfone groups is 1. The Labute approximate surface area is 146 Å². The molecule has 25 heavy (non-hydrogen) atoms. The first-order chi connectivity index (χ1) is 12.0. The van der Waals surface area contributed by atoms with Crippen molar-refractivity contribution in [1.82, 2.24) is 9.88 Å². The van der Waals surface area contributed by atoms with E-state index in [1.54, 1.807) is 4.90 Å². The minimum atomic E-state index is -3.09. The van der Waals surface area contributed by atoms with Crippen molar-refractivity contribution in [2.75, 3.05) is 11.5 Å². The number of carbonyl (C=O) groups is 1. The van der Waals surface area contributed by atoms with Crippen LogP contribution in [0.5, 0.6) is 0 Å². The van der Waals surface area contributed by atoms with Crippen LogP contribution in [0.1, 0.15) is 47.0 Å². The van der Waals surface area contributed by atoms with Gasteiger partial charge in [-0.2, -0.15) is 0 Å². The van der Waals surface area contributed by atoms with Crippen molar-refractivity contribution < 1.29 is 17.6 Å². The summed E-state index contributed by atoms with van der Waals surface area (Å²) in [7, 11) is -3.09. The molecule has 4 rings (SSSR count). The lowest BCUT2D eigenvalue weighted by Crippen LogP contribution is -2.41. The summed E-state index contributed by atoms with van der Waals surface area (Å²) in [4.78, 5) is 19.0. The number of oxazole rings is 1. The van der Waals surface area contributed by atoms with E-state index >= 15 is 0 Å². The second-order valence-corrected chi connectivity index (χ2v) is 9.04. The Morgan fingerprint density at radius 2 is 1.96 bits per heavy atom. The average molecular weight is 360 g/mol. The Kier molecular flexibility index (Phi) is 4.11. The van der Waals surface area contributed by atoms with Crippen molar-refractivity contribution in [2.24, 2.45) is 0 Å². The minimum Gasteiger partial charge on any atom is -0.447 e. The molecule has 2 aromatic rings. The zero-order valence-electron chi connectivity index (χ0n) is 13.8. The Hall–Kier alpha value is -2.15. The SMILES string of the molecule is O=C(c1ncoc1C1CC1)N(Cc1ccccc1)[C@H]1CCS(=O)(=O)C1. The molecule has 0 unspecified atom stereocenters. The topological polar surface area (TPSA) is 80.5 Å². The van der Waals surface area contributed by atoms with Crippen LogP contribution in [0.25, 0.3) is 0 Å². The molecule has 6 nitrogen and oxygen atoms in total. The van der Waals surface area contributed by atoms with E-state index in [0.717, 1.165) is 18.4 Å². The van der Waals surface area contributed by atoms with Gasteiger partial charge in [0.1, 0.15) is 5.76 Å². The standard InChI is InChI=1S/C18H20N2O4S/c21-18(16-17(14-6-7-14)24-12-19-16)20(10-13-4-2-1-3-5-13)15-8-9-25(22,23)11-15/h1-5,12,14-15H,6-11H2/t15-/m0/s1. The molecule has 2 aliphatic rings. The van der Waals surface area contributed by atoms with Crippen molar-refractivity contribution in [3.63, 3.8) is 0 Å². The smallest absolute Gasteiger partial charge is 0.276 e. The van der Waals surface area contributed by atoms with Crippen molar-refractivity contribution in [3.05, 3.63) is 53.7 Å². The van der Waals surface area contributed by atoms with E-state index in [2.05, 4.69) is 4.98 Å². The van der Waals surface area contributed by atoms with Gasteiger partial charge in [0.2, 0.25) is 0 Å². The number of benzene rings is 1. The molecule has 2 fully saturated rings. The molecule has 0 bridgehead atoms. The van der Waals surface area contributed by atoms with Gasteiger partial charge in [-0.25, -0.2) is 13.4 Å². The van der Waals surface area contributed by atoms with Crippen LogP contribution >= 0.6 is 0 Å². The summed E-state index contributed by atoms with van der Waals surface area (Å²) in [6.45, 7) is 0.372. The number of amides is 1. The summed E-state index contributed by atoms with van der Waals surface area (Å²) in [6, 6.07) is 9.30. The van der Waals surface area contributed by atoms with Crippen LogP contribution in [-0.2, 0) is 16.4 Å². The third kappa shape index (κ3) is 3.46. The maximum absolute atomic E-state index is 13.2. The second-order valence-electron chi connectivity index (χ2n) is 6.82. The van der Waals surface area contributed by atoms with Crippen molar-refractivity contribution in [2.45, 2.75) is 37.8 Å². The summed E-state index contributed by atoms with van der Waals surface area (Å²) >= 11 is 0. The monoisotopic (exact) mass is 360 g/mol.